The Hall–Kier alpha value is -2.89. The second kappa shape index (κ2) is 5.48. The Morgan fingerprint density at radius 2 is 1.91 bits per heavy atom. The van der Waals surface area contributed by atoms with E-state index in [1.807, 2.05) is 0 Å². The molecule has 110 valence electrons. The van der Waals surface area contributed by atoms with Crippen molar-refractivity contribution in [2.24, 2.45) is 10.9 Å². The monoisotopic (exact) mass is 297 g/mol. The van der Waals surface area contributed by atoms with Crippen molar-refractivity contribution in [3.8, 4) is 0 Å². The average molecular weight is 297 g/mol. The van der Waals surface area contributed by atoms with Gasteiger partial charge in [-0.15, -0.1) is 0 Å². The van der Waals surface area contributed by atoms with Crippen LogP contribution in [0.3, 0.4) is 0 Å². The molecule has 0 fully saturated rings. The molecule has 1 N–H and O–H groups in total. The molecule has 0 saturated heterocycles. The van der Waals surface area contributed by atoms with Crippen molar-refractivity contribution < 1.29 is 14.0 Å². The molecule has 0 bridgehead atoms. The number of benzene rings is 1. The van der Waals surface area contributed by atoms with Crippen LogP contribution in [0.2, 0.25) is 0 Å². The van der Waals surface area contributed by atoms with Crippen molar-refractivity contribution >= 4 is 29.4 Å². The van der Waals surface area contributed by atoms with Crippen LogP contribution in [0.4, 0.5) is 15.9 Å². The molecule has 0 radical (unpaired) electrons. The van der Waals surface area contributed by atoms with Gasteiger partial charge < -0.3 is 5.32 Å². The van der Waals surface area contributed by atoms with Gasteiger partial charge in [0.15, 0.2) is 11.6 Å². The van der Waals surface area contributed by atoms with Crippen molar-refractivity contribution in [1.29, 1.82) is 0 Å². The van der Waals surface area contributed by atoms with Gasteiger partial charge >= 0.3 is 0 Å². The topological polar surface area (TPSA) is 71.4 Å². The minimum atomic E-state index is -1.01. The van der Waals surface area contributed by atoms with Crippen LogP contribution in [0.25, 0.3) is 0 Å². The van der Waals surface area contributed by atoms with E-state index in [9.17, 15) is 14.0 Å². The van der Waals surface area contributed by atoms with Crippen molar-refractivity contribution in [3.05, 3.63) is 53.5 Å². The fourth-order valence-corrected chi connectivity index (χ4v) is 2.15. The highest BCUT2D eigenvalue weighted by Crippen LogP contribution is 2.25. The number of hydrogen-bond donors (Lipinski definition) is 1. The fourth-order valence-electron chi connectivity index (χ4n) is 2.15. The highest BCUT2D eigenvalue weighted by molar-refractivity contribution is 6.25. The van der Waals surface area contributed by atoms with Crippen LogP contribution in [0, 0.1) is 18.7 Å². The summed E-state index contributed by atoms with van der Waals surface area (Å²) in [6, 6.07) is 8.64. The normalized spacial score (nSPS) is 16.3. The first-order valence-corrected chi connectivity index (χ1v) is 6.67. The third-order valence-electron chi connectivity index (χ3n) is 3.30. The van der Waals surface area contributed by atoms with Gasteiger partial charge in [0.25, 0.3) is 0 Å². The minimum Gasteiger partial charge on any atom is -0.325 e. The summed E-state index contributed by atoms with van der Waals surface area (Å²) >= 11 is 0. The summed E-state index contributed by atoms with van der Waals surface area (Å²) < 4.78 is 12.8. The number of ketones is 1. The summed E-state index contributed by atoms with van der Waals surface area (Å²) in [5, 5.41) is 2.57. The highest BCUT2D eigenvalue weighted by Gasteiger charge is 2.31. The highest BCUT2D eigenvalue weighted by atomic mass is 19.1. The SMILES string of the molecule is Cc1ccc2c(n1)N=CC(C(=O)Nc1ccc(F)cc1)C2=O. The van der Waals surface area contributed by atoms with Crippen LogP contribution in [0.1, 0.15) is 16.1 Å². The van der Waals surface area contributed by atoms with Crippen LogP contribution < -0.4 is 5.32 Å². The quantitative estimate of drug-likeness (QED) is 0.866. The molecule has 6 heteroatoms. The number of aliphatic imine (C=N–C) groups is 1. The molecule has 0 aliphatic carbocycles. The second-order valence-corrected chi connectivity index (χ2v) is 4.94. The molecule has 1 unspecified atom stereocenters. The number of halogens is 1. The third kappa shape index (κ3) is 2.63. The van der Waals surface area contributed by atoms with Gasteiger partial charge in [0.05, 0.1) is 5.56 Å². The van der Waals surface area contributed by atoms with Crippen molar-refractivity contribution in [2.45, 2.75) is 6.92 Å². The Kier molecular flexibility index (Phi) is 3.50. The predicted molar refractivity (Wildman–Crippen MR) is 80.0 cm³/mol. The molecule has 1 atom stereocenters. The Labute approximate surface area is 125 Å². The van der Waals surface area contributed by atoms with Crippen molar-refractivity contribution in [2.75, 3.05) is 5.32 Å². The van der Waals surface area contributed by atoms with Crippen LogP contribution in [-0.4, -0.2) is 22.9 Å². The van der Waals surface area contributed by atoms with Gasteiger partial charge in [0, 0.05) is 17.6 Å². The van der Waals surface area contributed by atoms with E-state index in [0.29, 0.717) is 17.1 Å². The smallest absolute Gasteiger partial charge is 0.240 e. The van der Waals surface area contributed by atoms with Crippen LogP contribution >= 0.6 is 0 Å². The Morgan fingerprint density at radius 3 is 2.64 bits per heavy atom. The number of rotatable bonds is 2. The number of nitrogens with one attached hydrogen (secondary N) is 1. The molecule has 1 aliphatic heterocycles. The molecule has 2 aromatic rings. The van der Waals surface area contributed by atoms with E-state index in [1.54, 1.807) is 19.1 Å². The van der Waals surface area contributed by atoms with E-state index in [0.717, 1.165) is 5.69 Å². The molecule has 3 rings (SSSR count). The number of nitrogens with zero attached hydrogens (tertiary/aromatic N) is 2. The van der Waals surface area contributed by atoms with Gasteiger partial charge in [-0.3, -0.25) is 9.59 Å². The molecule has 0 spiro atoms. The summed E-state index contributed by atoms with van der Waals surface area (Å²) in [6.07, 6.45) is 1.29. The van der Waals surface area contributed by atoms with Crippen LogP contribution in [0.5, 0.6) is 0 Å². The molecule has 1 aromatic heterocycles. The van der Waals surface area contributed by atoms with E-state index in [2.05, 4.69) is 15.3 Å². The van der Waals surface area contributed by atoms with Gasteiger partial charge in [-0.1, -0.05) is 0 Å². The molecule has 1 amide bonds. The van der Waals surface area contributed by atoms with Gasteiger partial charge in [-0.25, -0.2) is 14.4 Å². The van der Waals surface area contributed by atoms with Crippen LogP contribution in [-0.2, 0) is 4.79 Å². The zero-order valence-electron chi connectivity index (χ0n) is 11.7. The molecular weight excluding hydrogens is 285 g/mol. The maximum absolute atomic E-state index is 12.8. The molecular formula is C16H12FN3O2. The standard InChI is InChI=1S/C16H12FN3O2/c1-9-2-7-12-14(21)13(8-18-15(12)19-9)16(22)20-11-5-3-10(17)4-6-11/h2-8,13H,1H3,(H,20,22). The second-order valence-electron chi connectivity index (χ2n) is 4.94. The molecule has 1 aliphatic rings. The van der Waals surface area contributed by atoms with Gasteiger partial charge in [0.2, 0.25) is 5.91 Å². The van der Waals surface area contributed by atoms with E-state index in [1.165, 1.54) is 30.5 Å². The average Bonchev–Trinajstić information content (AvgIpc) is 2.49. The number of carbonyl (C=O) groups is 2. The summed E-state index contributed by atoms with van der Waals surface area (Å²) in [4.78, 5) is 32.8. The molecule has 2 heterocycles. The molecule has 5 nitrogen and oxygen atoms in total. The first-order valence-electron chi connectivity index (χ1n) is 6.67. The number of amides is 1. The minimum absolute atomic E-state index is 0.326. The van der Waals surface area contributed by atoms with Crippen molar-refractivity contribution in [3.63, 3.8) is 0 Å². The molecule has 22 heavy (non-hydrogen) atoms. The van der Waals surface area contributed by atoms with Gasteiger partial charge in [-0.05, 0) is 43.3 Å². The Balaban J connectivity index is 1.81. The zero-order valence-corrected chi connectivity index (χ0v) is 11.7. The number of carbonyl (C=O) groups excluding carboxylic acids is 2. The lowest BCUT2D eigenvalue weighted by Crippen LogP contribution is -2.32. The number of aryl methyl sites for hydroxylation is 1. The van der Waals surface area contributed by atoms with Gasteiger partial charge in [-0.2, -0.15) is 0 Å². The maximum atomic E-state index is 12.8. The van der Waals surface area contributed by atoms with E-state index in [-0.39, 0.29) is 5.78 Å². The fraction of sp³-hybridized carbons (Fsp3) is 0.125. The lowest BCUT2D eigenvalue weighted by Gasteiger charge is -2.16. The lowest BCUT2D eigenvalue weighted by molar-refractivity contribution is -0.116. The lowest BCUT2D eigenvalue weighted by atomic mass is 9.95. The van der Waals surface area contributed by atoms with E-state index >= 15 is 0 Å². The maximum Gasteiger partial charge on any atom is 0.240 e. The number of pyridine rings is 1. The number of aromatic nitrogens is 1. The largest absolute Gasteiger partial charge is 0.325 e. The molecule has 0 saturated carbocycles. The first-order chi connectivity index (χ1) is 10.5. The zero-order chi connectivity index (χ0) is 15.7. The predicted octanol–water partition coefficient (Wildman–Crippen LogP) is 2.68. The Morgan fingerprint density at radius 1 is 1.18 bits per heavy atom. The summed E-state index contributed by atoms with van der Waals surface area (Å²) in [6.45, 7) is 1.80. The number of hydrogen-bond acceptors (Lipinski definition) is 4. The number of fused-ring (bicyclic) bond motifs is 1. The summed E-state index contributed by atoms with van der Waals surface area (Å²) in [5.74, 6) is -1.94. The number of Topliss-reactive ketones (excluding diaryl/α,β-unsaturated/α-hetero) is 1. The summed E-state index contributed by atoms with van der Waals surface area (Å²) in [5.41, 5.74) is 1.49. The third-order valence-corrected chi connectivity index (χ3v) is 3.30. The summed E-state index contributed by atoms with van der Waals surface area (Å²) in [7, 11) is 0. The van der Waals surface area contributed by atoms with E-state index < -0.39 is 17.6 Å². The van der Waals surface area contributed by atoms with Crippen LogP contribution in [0.15, 0.2) is 41.4 Å². The number of anilines is 1. The van der Waals surface area contributed by atoms with E-state index in [4.69, 9.17) is 0 Å². The van der Waals surface area contributed by atoms with Gasteiger partial charge in [0.1, 0.15) is 11.7 Å². The first kappa shape index (κ1) is 14.1. The Bertz CT molecular complexity index is 784. The van der Waals surface area contributed by atoms with Crippen molar-refractivity contribution in [1.82, 2.24) is 4.98 Å². The molecule has 1 aromatic carbocycles.